The van der Waals surface area contributed by atoms with E-state index >= 15 is 0 Å². The summed E-state index contributed by atoms with van der Waals surface area (Å²) in [7, 11) is 0. The van der Waals surface area contributed by atoms with Crippen LogP contribution in [-0.2, 0) is 0 Å². The number of nitrogens with zero attached hydrogens (tertiary/aromatic N) is 2. The topological polar surface area (TPSA) is 43.8 Å². The second-order valence-electron chi connectivity index (χ2n) is 3.81. The molecule has 2 N–H and O–H groups in total. The van der Waals surface area contributed by atoms with Crippen LogP contribution in [0.4, 0.5) is 5.69 Å². The molecule has 0 saturated heterocycles. The van der Waals surface area contributed by atoms with Crippen molar-refractivity contribution in [3.63, 3.8) is 0 Å². The molecule has 0 unspecified atom stereocenters. The van der Waals surface area contributed by atoms with Crippen molar-refractivity contribution in [2.75, 3.05) is 5.73 Å². The SMILES string of the molecule is Nc1ccc(Br)cc1-n1cnc2ccccc21. The van der Waals surface area contributed by atoms with Crippen molar-refractivity contribution < 1.29 is 0 Å². The highest BCUT2D eigenvalue weighted by molar-refractivity contribution is 9.10. The first kappa shape index (κ1) is 10.4. The summed E-state index contributed by atoms with van der Waals surface area (Å²) in [5, 5.41) is 0. The summed E-state index contributed by atoms with van der Waals surface area (Å²) < 4.78 is 2.99. The fourth-order valence-corrected chi connectivity index (χ4v) is 2.23. The third-order valence-corrected chi connectivity index (χ3v) is 3.20. The van der Waals surface area contributed by atoms with Crippen molar-refractivity contribution in [3.8, 4) is 5.69 Å². The maximum absolute atomic E-state index is 6.00. The number of fused-ring (bicyclic) bond motifs is 1. The van der Waals surface area contributed by atoms with Crippen molar-refractivity contribution in [3.05, 3.63) is 53.3 Å². The number of anilines is 1. The van der Waals surface area contributed by atoms with E-state index in [9.17, 15) is 0 Å². The van der Waals surface area contributed by atoms with Crippen LogP contribution in [0.1, 0.15) is 0 Å². The van der Waals surface area contributed by atoms with E-state index in [0.29, 0.717) is 0 Å². The zero-order valence-corrected chi connectivity index (χ0v) is 10.6. The van der Waals surface area contributed by atoms with Gasteiger partial charge in [-0.2, -0.15) is 0 Å². The third kappa shape index (κ3) is 1.70. The molecule has 0 saturated carbocycles. The molecule has 0 atom stereocenters. The Kier molecular flexibility index (Phi) is 2.37. The Labute approximate surface area is 107 Å². The molecule has 0 aliphatic rings. The van der Waals surface area contributed by atoms with Crippen LogP contribution in [-0.4, -0.2) is 9.55 Å². The predicted molar refractivity (Wildman–Crippen MR) is 73.2 cm³/mol. The minimum atomic E-state index is 0.733. The molecule has 84 valence electrons. The quantitative estimate of drug-likeness (QED) is 0.698. The molecule has 0 amide bonds. The van der Waals surface area contributed by atoms with E-state index in [2.05, 4.69) is 20.9 Å². The average Bonchev–Trinajstić information content (AvgIpc) is 2.76. The zero-order chi connectivity index (χ0) is 11.8. The van der Waals surface area contributed by atoms with Gasteiger partial charge in [-0.05, 0) is 30.3 Å². The van der Waals surface area contributed by atoms with Gasteiger partial charge in [-0.1, -0.05) is 28.1 Å². The normalized spacial score (nSPS) is 10.9. The van der Waals surface area contributed by atoms with E-state index in [1.807, 2.05) is 47.0 Å². The van der Waals surface area contributed by atoms with Crippen molar-refractivity contribution in [1.29, 1.82) is 0 Å². The summed E-state index contributed by atoms with van der Waals surface area (Å²) in [6.45, 7) is 0. The number of imidazole rings is 1. The van der Waals surface area contributed by atoms with E-state index in [-0.39, 0.29) is 0 Å². The van der Waals surface area contributed by atoms with Crippen LogP contribution >= 0.6 is 15.9 Å². The van der Waals surface area contributed by atoms with E-state index in [1.165, 1.54) is 0 Å². The number of nitrogens with two attached hydrogens (primary N) is 1. The Bertz CT molecular complexity index is 688. The molecule has 0 aliphatic carbocycles. The molecule has 0 bridgehead atoms. The van der Waals surface area contributed by atoms with Crippen LogP contribution < -0.4 is 5.73 Å². The molecule has 1 heterocycles. The van der Waals surface area contributed by atoms with Crippen molar-refractivity contribution >= 4 is 32.7 Å². The molecule has 0 spiro atoms. The number of benzene rings is 2. The first-order chi connectivity index (χ1) is 8.25. The molecule has 4 heteroatoms. The summed E-state index contributed by atoms with van der Waals surface area (Å²) in [4.78, 5) is 4.36. The van der Waals surface area contributed by atoms with Crippen LogP contribution in [0.5, 0.6) is 0 Å². The van der Waals surface area contributed by atoms with Crippen LogP contribution in [0.15, 0.2) is 53.3 Å². The van der Waals surface area contributed by atoms with Crippen LogP contribution in [0, 0.1) is 0 Å². The summed E-state index contributed by atoms with van der Waals surface area (Å²) in [5.74, 6) is 0. The van der Waals surface area contributed by atoms with Gasteiger partial charge < -0.3 is 5.73 Å². The molecular weight excluding hydrogens is 278 g/mol. The summed E-state index contributed by atoms with van der Waals surface area (Å²) in [5.41, 5.74) is 9.69. The van der Waals surface area contributed by atoms with E-state index in [4.69, 9.17) is 5.73 Å². The van der Waals surface area contributed by atoms with Gasteiger partial charge in [0.15, 0.2) is 0 Å². The van der Waals surface area contributed by atoms with Gasteiger partial charge in [0.1, 0.15) is 6.33 Å². The van der Waals surface area contributed by atoms with Gasteiger partial charge in [0.05, 0.1) is 22.4 Å². The van der Waals surface area contributed by atoms with Gasteiger partial charge in [-0.15, -0.1) is 0 Å². The third-order valence-electron chi connectivity index (χ3n) is 2.71. The Morgan fingerprint density at radius 3 is 2.82 bits per heavy atom. The molecule has 0 fully saturated rings. The Morgan fingerprint density at radius 1 is 1.12 bits per heavy atom. The maximum atomic E-state index is 6.00. The van der Waals surface area contributed by atoms with Crippen LogP contribution in [0.2, 0.25) is 0 Å². The molecule has 3 nitrogen and oxygen atoms in total. The maximum Gasteiger partial charge on any atom is 0.100 e. The van der Waals surface area contributed by atoms with E-state index in [1.54, 1.807) is 6.33 Å². The van der Waals surface area contributed by atoms with Crippen LogP contribution in [0.25, 0.3) is 16.7 Å². The number of rotatable bonds is 1. The summed E-state index contributed by atoms with van der Waals surface area (Å²) >= 11 is 3.46. The molecule has 2 aromatic carbocycles. The summed E-state index contributed by atoms with van der Waals surface area (Å²) in [6, 6.07) is 13.8. The average molecular weight is 288 g/mol. The highest BCUT2D eigenvalue weighted by Gasteiger charge is 2.07. The molecular formula is C13H10BrN3. The van der Waals surface area contributed by atoms with Gasteiger partial charge in [-0.3, -0.25) is 4.57 Å². The van der Waals surface area contributed by atoms with Gasteiger partial charge in [0.25, 0.3) is 0 Å². The van der Waals surface area contributed by atoms with Gasteiger partial charge in [0.2, 0.25) is 0 Å². The fraction of sp³-hybridized carbons (Fsp3) is 0. The number of aromatic nitrogens is 2. The molecule has 1 aromatic heterocycles. The lowest BCUT2D eigenvalue weighted by Gasteiger charge is -2.08. The first-order valence-corrected chi connectivity index (χ1v) is 6.02. The smallest absolute Gasteiger partial charge is 0.100 e. The Morgan fingerprint density at radius 2 is 1.94 bits per heavy atom. The molecule has 3 rings (SSSR count). The second-order valence-corrected chi connectivity index (χ2v) is 4.72. The molecule has 3 aromatic rings. The number of hydrogen-bond donors (Lipinski definition) is 1. The number of halogens is 1. The van der Waals surface area contributed by atoms with Gasteiger partial charge >= 0.3 is 0 Å². The van der Waals surface area contributed by atoms with Gasteiger partial charge in [-0.25, -0.2) is 4.98 Å². The highest BCUT2D eigenvalue weighted by Crippen LogP contribution is 2.25. The fourth-order valence-electron chi connectivity index (χ4n) is 1.88. The zero-order valence-electron chi connectivity index (χ0n) is 8.97. The Balaban J connectivity index is 2.31. The number of nitrogen functional groups attached to an aromatic ring is 1. The van der Waals surface area contributed by atoms with Crippen molar-refractivity contribution in [2.24, 2.45) is 0 Å². The molecule has 0 radical (unpaired) electrons. The number of hydrogen-bond acceptors (Lipinski definition) is 2. The lowest BCUT2D eigenvalue weighted by molar-refractivity contribution is 1.09. The number of para-hydroxylation sites is 2. The largest absolute Gasteiger partial charge is 0.397 e. The highest BCUT2D eigenvalue weighted by atomic mass is 79.9. The second kappa shape index (κ2) is 3.89. The van der Waals surface area contributed by atoms with Crippen molar-refractivity contribution in [1.82, 2.24) is 9.55 Å². The van der Waals surface area contributed by atoms with Gasteiger partial charge in [0, 0.05) is 4.47 Å². The van der Waals surface area contributed by atoms with E-state index < -0.39 is 0 Å². The van der Waals surface area contributed by atoms with E-state index in [0.717, 1.165) is 26.9 Å². The van der Waals surface area contributed by atoms with Crippen molar-refractivity contribution in [2.45, 2.75) is 0 Å². The lowest BCUT2D eigenvalue weighted by Crippen LogP contribution is -1.98. The Hall–Kier alpha value is -1.81. The minimum absolute atomic E-state index is 0.733. The predicted octanol–water partition coefficient (Wildman–Crippen LogP) is 3.37. The molecule has 0 aliphatic heterocycles. The molecule has 17 heavy (non-hydrogen) atoms. The lowest BCUT2D eigenvalue weighted by atomic mass is 10.2. The summed E-state index contributed by atoms with van der Waals surface area (Å²) in [6.07, 6.45) is 1.79. The standard InChI is InChI=1S/C13H10BrN3/c14-9-5-6-10(15)13(7-9)17-8-16-11-3-1-2-4-12(11)17/h1-8H,15H2. The first-order valence-electron chi connectivity index (χ1n) is 5.23. The monoisotopic (exact) mass is 287 g/mol. The minimum Gasteiger partial charge on any atom is -0.397 e. The van der Waals surface area contributed by atoms with Crippen LogP contribution in [0.3, 0.4) is 0 Å².